The Bertz CT molecular complexity index is 1010. The van der Waals surface area contributed by atoms with Gasteiger partial charge in [0.25, 0.3) is 5.91 Å². The Hall–Kier alpha value is -3.25. The van der Waals surface area contributed by atoms with Crippen molar-refractivity contribution in [3.63, 3.8) is 0 Å². The summed E-state index contributed by atoms with van der Waals surface area (Å²) >= 11 is 0. The monoisotopic (exact) mass is 402 g/mol. The maximum Gasteiger partial charge on any atom is 0.270 e. The molecular weight excluding hydrogens is 376 g/mol. The van der Waals surface area contributed by atoms with Crippen LogP contribution < -0.4 is 5.32 Å². The van der Waals surface area contributed by atoms with Crippen molar-refractivity contribution in [2.24, 2.45) is 0 Å². The van der Waals surface area contributed by atoms with Crippen LogP contribution in [0.15, 0.2) is 61.6 Å². The van der Waals surface area contributed by atoms with Gasteiger partial charge in [0.05, 0.1) is 17.8 Å². The number of carbonyl (C=O) groups excluding carboxylic acids is 1. The Kier molecular flexibility index (Phi) is 6.05. The molecular formula is C24H26N4O2. The second kappa shape index (κ2) is 9.05. The van der Waals surface area contributed by atoms with Crippen LogP contribution >= 0.6 is 0 Å². The van der Waals surface area contributed by atoms with Crippen molar-refractivity contribution in [2.75, 3.05) is 0 Å². The molecule has 0 bridgehead atoms. The van der Waals surface area contributed by atoms with Gasteiger partial charge in [0, 0.05) is 18.6 Å². The minimum atomic E-state index is -0.483. The average molecular weight is 402 g/mol. The minimum Gasteiger partial charge on any atom is -0.391 e. The van der Waals surface area contributed by atoms with Crippen molar-refractivity contribution in [3.8, 4) is 5.69 Å². The van der Waals surface area contributed by atoms with Crippen molar-refractivity contribution >= 4 is 12.0 Å². The highest BCUT2D eigenvalue weighted by molar-refractivity contribution is 5.93. The Morgan fingerprint density at radius 2 is 2.07 bits per heavy atom. The van der Waals surface area contributed by atoms with Gasteiger partial charge in [0.2, 0.25) is 0 Å². The van der Waals surface area contributed by atoms with E-state index >= 15 is 0 Å². The third-order valence-electron chi connectivity index (χ3n) is 5.62. The van der Waals surface area contributed by atoms with Crippen LogP contribution in [0.4, 0.5) is 0 Å². The van der Waals surface area contributed by atoms with Crippen LogP contribution in [0, 0.1) is 0 Å². The second-order valence-corrected chi connectivity index (χ2v) is 7.70. The molecule has 30 heavy (non-hydrogen) atoms. The topological polar surface area (TPSA) is 80.0 Å². The first-order valence-corrected chi connectivity index (χ1v) is 10.3. The summed E-state index contributed by atoms with van der Waals surface area (Å²) in [6.07, 6.45) is 10.8. The number of amides is 1. The predicted octanol–water partition coefficient (Wildman–Crippen LogP) is 3.53. The zero-order valence-corrected chi connectivity index (χ0v) is 16.9. The van der Waals surface area contributed by atoms with E-state index in [0.29, 0.717) is 12.1 Å². The number of rotatable bonds is 6. The van der Waals surface area contributed by atoms with Gasteiger partial charge < -0.3 is 10.4 Å². The Morgan fingerprint density at radius 1 is 1.27 bits per heavy atom. The fourth-order valence-electron chi connectivity index (χ4n) is 3.90. The first-order chi connectivity index (χ1) is 14.6. The average Bonchev–Trinajstić information content (AvgIpc) is 3.31. The van der Waals surface area contributed by atoms with E-state index in [2.05, 4.69) is 34.1 Å². The molecule has 1 unspecified atom stereocenters. The van der Waals surface area contributed by atoms with E-state index in [4.69, 9.17) is 0 Å². The van der Waals surface area contributed by atoms with Gasteiger partial charge in [-0.1, -0.05) is 37.6 Å². The maximum atomic E-state index is 12.7. The molecule has 1 saturated carbocycles. The lowest BCUT2D eigenvalue weighted by atomic mass is 9.92. The van der Waals surface area contributed by atoms with Crippen molar-refractivity contribution in [1.82, 2.24) is 20.1 Å². The van der Waals surface area contributed by atoms with Crippen LogP contribution in [0.2, 0.25) is 0 Å². The third kappa shape index (κ3) is 4.49. The highest BCUT2D eigenvalue weighted by atomic mass is 16.3. The zero-order chi connectivity index (χ0) is 20.9. The smallest absolute Gasteiger partial charge is 0.270 e. The molecule has 1 aliphatic rings. The first-order valence-electron chi connectivity index (χ1n) is 10.3. The molecule has 1 aromatic carbocycles. The molecule has 1 aliphatic carbocycles. The number of benzene rings is 1. The number of carbonyl (C=O) groups is 1. The van der Waals surface area contributed by atoms with Crippen LogP contribution in [0.3, 0.4) is 0 Å². The number of hydrogen-bond donors (Lipinski definition) is 2. The van der Waals surface area contributed by atoms with Gasteiger partial charge >= 0.3 is 0 Å². The lowest BCUT2D eigenvalue weighted by Crippen LogP contribution is -2.45. The van der Waals surface area contributed by atoms with Crippen molar-refractivity contribution in [2.45, 2.75) is 44.2 Å². The summed E-state index contributed by atoms with van der Waals surface area (Å²) in [5.74, 6) is -0.244. The molecule has 0 spiro atoms. The van der Waals surface area contributed by atoms with E-state index in [9.17, 15) is 9.90 Å². The van der Waals surface area contributed by atoms with Crippen LogP contribution in [0.25, 0.3) is 11.8 Å². The third-order valence-corrected chi connectivity index (χ3v) is 5.62. The lowest BCUT2D eigenvalue weighted by molar-refractivity contribution is 0.0713. The number of pyridine rings is 1. The molecule has 6 heteroatoms. The molecule has 0 radical (unpaired) electrons. The first kappa shape index (κ1) is 20.0. The highest BCUT2D eigenvalue weighted by Crippen LogP contribution is 2.20. The largest absolute Gasteiger partial charge is 0.391 e. The van der Waals surface area contributed by atoms with Crippen LogP contribution in [-0.4, -0.2) is 37.9 Å². The number of aliphatic hydroxyl groups excluding tert-OH is 1. The van der Waals surface area contributed by atoms with Crippen LogP contribution in [0.1, 0.15) is 52.9 Å². The Labute approximate surface area is 176 Å². The van der Waals surface area contributed by atoms with E-state index in [-0.39, 0.29) is 11.9 Å². The summed E-state index contributed by atoms with van der Waals surface area (Å²) in [6, 6.07) is 11.7. The van der Waals surface area contributed by atoms with E-state index in [1.165, 1.54) is 0 Å². The molecule has 0 aliphatic heterocycles. The fourth-order valence-corrected chi connectivity index (χ4v) is 3.90. The van der Waals surface area contributed by atoms with Gasteiger partial charge in [-0.25, -0.2) is 4.68 Å². The quantitative estimate of drug-likeness (QED) is 0.661. The van der Waals surface area contributed by atoms with Crippen LogP contribution in [-0.2, 0) is 6.42 Å². The predicted molar refractivity (Wildman–Crippen MR) is 116 cm³/mol. The van der Waals surface area contributed by atoms with E-state index in [0.717, 1.165) is 48.1 Å². The molecule has 2 heterocycles. The Morgan fingerprint density at radius 3 is 2.77 bits per heavy atom. The van der Waals surface area contributed by atoms with E-state index < -0.39 is 6.10 Å². The zero-order valence-electron chi connectivity index (χ0n) is 16.9. The molecule has 6 nitrogen and oxygen atoms in total. The SMILES string of the molecule is C=Cc1cnc(C(=O)NC2CCCC[C@@H]2O)cc1Cc1ccc(-n2cccn2)cc1. The minimum absolute atomic E-state index is 0.203. The standard InChI is InChI=1S/C24H26N4O2/c1-2-18-16-25-22(24(30)27-21-6-3-4-7-23(21)29)15-19(18)14-17-8-10-20(11-9-17)28-13-5-12-26-28/h2,5,8-13,15-16,21,23,29H,1,3-4,6-7,14H2,(H,27,30)/t21?,23-/m0/s1. The number of nitrogens with zero attached hydrogens (tertiary/aromatic N) is 3. The fraction of sp³-hybridized carbons (Fsp3) is 0.292. The maximum absolute atomic E-state index is 12.7. The second-order valence-electron chi connectivity index (χ2n) is 7.70. The van der Waals surface area contributed by atoms with Crippen molar-refractivity contribution < 1.29 is 9.90 Å². The van der Waals surface area contributed by atoms with Gasteiger partial charge in [-0.2, -0.15) is 5.10 Å². The van der Waals surface area contributed by atoms with Gasteiger partial charge in [0.1, 0.15) is 5.69 Å². The van der Waals surface area contributed by atoms with E-state index in [1.807, 2.05) is 35.1 Å². The summed E-state index contributed by atoms with van der Waals surface area (Å²) in [7, 11) is 0. The molecule has 154 valence electrons. The Balaban J connectivity index is 1.51. The molecule has 2 N–H and O–H groups in total. The van der Waals surface area contributed by atoms with Gasteiger partial charge in [-0.3, -0.25) is 9.78 Å². The number of nitrogens with one attached hydrogen (secondary N) is 1. The molecule has 2 atom stereocenters. The number of aromatic nitrogens is 3. The lowest BCUT2D eigenvalue weighted by Gasteiger charge is -2.28. The summed E-state index contributed by atoms with van der Waals surface area (Å²) in [5.41, 5.74) is 4.37. The molecule has 1 fully saturated rings. The van der Waals surface area contributed by atoms with Gasteiger partial charge in [-0.05, 0) is 60.2 Å². The summed E-state index contributed by atoms with van der Waals surface area (Å²) in [4.78, 5) is 17.0. The molecule has 4 rings (SSSR count). The molecule has 2 aromatic heterocycles. The highest BCUT2D eigenvalue weighted by Gasteiger charge is 2.25. The summed E-state index contributed by atoms with van der Waals surface area (Å²) < 4.78 is 1.81. The summed E-state index contributed by atoms with van der Waals surface area (Å²) in [5, 5.41) is 17.3. The van der Waals surface area contributed by atoms with E-state index in [1.54, 1.807) is 18.5 Å². The summed E-state index contributed by atoms with van der Waals surface area (Å²) in [6.45, 7) is 3.87. The van der Waals surface area contributed by atoms with Crippen LogP contribution in [0.5, 0.6) is 0 Å². The number of hydrogen-bond acceptors (Lipinski definition) is 4. The van der Waals surface area contributed by atoms with Gasteiger partial charge in [-0.15, -0.1) is 0 Å². The molecule has 0 saturated heterocycles. The van der Waals surface area contributed by atoms with Gasteiger partial charge in [0.15, 0.2) is 0 Å². The van der Waals surface area contributed by atoms with Crippen molar-refractivity contribution in [3.05, 3.63) is 84.0 Å². The molecule has 3 aromatic rings. The number of aliphatic hydroxyl groups is 1. The van der Waals surface area contributed by atoms with Crippen molar-refractivity contribution in [1.29, 1.82) is 0 Å². The normalized spacial score (nSPS) is 18.7. The molecule has 1 amide bonds.